The zero-order chi connectivity index (χ0) is 14.8. The molecule has 0 unspecified atom stereocenters. The Morgan fingerprint density at radius 2 is 2.05 bits per heavy atom. The van der Waals surface area contributed by atoms with Crippen molar-refractivity contribution in [3.8, 4) is 16.9 Å². The quantitative estimate of drug-likeness (QED) is 0.742. The molecule has 21 heavy (non-hydrogen) atoms. The molecule has 3 rings (SSSR count). The average molecular weight is 283 g/mol. The van der Waals surface area contributed by atoms with E-state index in [0.29, 0.717) is 12.4 Å². The van der Waals surface area contributed by atoms with Crippen molar-refractivity contribution in [3.63, 3.8) is 0 Å². The van der Waals surface area contributed by atoms with E-state index in [1.54, 1.807) is 12.1 Å². The number of nitrogens with zero attached hydrogens (tertiary/aromatic N) is 2. The van der Waals surface area contributed by atoms with Crippen LogP contribution in [0.3, 0.4) is 0 Å². The summed E-state index contributed by atoms with van der Waals surface area (Å²) in [5.74, 6) is 0.363. The Bertz CT molecular complexity index is 732. The molecule has 1 aromatic carbocycles. The Balaban J connectivity index is 2.07. The summed E-state index contributed by atoms with van der Waals surface area (Å²) >= 11 is 0. The van der Waals surface area contributed by atoms with Crippen molar-refractivity contribution >= 4 is 11.2 Å². The third-order valence-corrected chi connectivity index (χ3v) is 3.30. The summed E-state index contributed by atoms with van der Waals surface area (Å²) in [6, 6.07) is 13.1. The molecule has 0 aliphatic carbocycles. The van der Waals surface area contributed by atoms with Gasteiger partial charge in [-0.25, -0.2) is 0 Å². The second kappa shape index (κ2) is 5.47. The number of anilines is 1. The third kappa shape index (κ3) is 2.56. The van der Waals surface area contributed by atoms with Crippen molar-refractivity contribution in [2.24, 2.45) is 0 Å². The lowest BCUT2D eigenvalue weighted by atomic mass is 10.1. The van der Waals surface area contributed by atoms with Gasteiger partial charge in [-0.2, -0.15) is 0 Å². The Morgan fingerprint density at radius 3 is 2.76 bits per heavy atom. The van der Waals surface area contributed by atoms with Crippen LogP contribution in [0.25, 0.3) is 16.6 Å². The van der Waals surface area contributed by atoms with Crippen molar-refractivity contribution in [2.45, 2.75) is 6.92 Å². The highest BCUT2D eigenvalue weighted by Crippen LogP contribution is 2.33. The van der Waals surface area contributed by atoms with Gasteiger partial charge in [-0.15, -0.1) is 0 Å². The predicted octanol–water partition coefficient (Wildman–Crippen LogP) is 3.70. The summed E-state index contributed by atoms with van der Waals surface area (Å²) in [6.07, 6.45) is 3.93. The van der Waals surface area contributed by atoms with Crippen LogP contribution >= 0.6 is 0 Å². The lowest BCUT2D eigenvalue weighted by Crippen LogP contribution is -2.09. The van der Waals surface area contributed by atoms with E-state index in [9.17, 15) is 10.4 Å². The normalized spacial score (nSPS) is 10.8. The maximum Gasteiger partial charge on any atom is 0.143 e. The van der Waals surface area contributed by atoms with Crippen LogP contribution in [0.15, 0.2) is 54.9 Å². The second-order valence-corrected chi connectivity index (χ2v) is 4.65. The van der Waals surface area contributed by atoms with Crippen molar-refractivity contribution in [2.75, 3.05) is 11.8 Å². The standard InChI is InChI=1S/C16H15N2O3/c1-2-21-16-7-6-12(10-15(16)18(19)20)13-9-14-5-3-4-8-17(14)11-13/h3-11,19H,2H2,1H3/q-1. The highest BCUT2D eigenvalue weighted by molar-refractivity contribution is 5.75. The second-order valence-electron chi connectivity index (χ2n) is 4.65. The molecule has 3 aromatic rings. The van der Waals surface area contributed by atoms with Gasteiger partial charge in [-0.05, 0) is 42.8 Å². The topological polar surface area (TPSA) is 60.2 Å². The first-order chi connectivity index (χ1) is 10.2. The first-order valence-corrected chi connectivity index (χ1v) is 6.69. The molecular weight excluding hydrogens is 268 g/mol. The fourth-order valence-electron chi connectivity index (χ4n) is 2.34. The van der Waals surface area contributed by atoms with E-state index in [0.717, 1.165) is 16.6 Å². The molecule has 0 saturated heterocycles. The van der Waals surface area contributed by atoms with Crippen molar-refractivity contribution in [1.82, 2.24) is 4.40 Å². The summed E-state index contributed by atoms with van der Waals surface area (Å²) in [7, 11) is 0. The Labute approximate surface area is 122 Å². The molecule has 0 fully saturated rings. The van der Waals surface area contributed by atoms with E-state index in [4.69, 9.17) is 4.74 Å². The molecule has 2 aromatic heterocycles. The molecule has 0 saturated carbocycles. The highest BCUT2D eigenvalue weighted by atomic mass is 16.8. The number of benzene rings is 1. The zero-order valence-corrected chi connectivity index (χ0v) is 11.6. The summed E-state index contributed by atoms with van der Waals surface area (Å²) in [5.41, 5.74) is 2.97. The van der Waals surface area contributed by atoms with E-state index >= 15 is 0 Å². The monoisotopic (exact) mass is 283 g/mol. The SMILES string of the molecule is CCOc1ccc(-c2cc3ccccn3c2)cc1N([O-])O. The summed E-state index contributed by atoms with van der Waals surface area (Å²) < 4.78 is 7.34. The number of rotatable bonds is 4. The summed E-state index contributed by atoms with van der Waals surface area (Å²) in [6.45, 7) is 2.25. The van der Waals surface area contributed by atoms with E-state index in [2.05, 4.69) is 0 Å². The lowest BCUT2D eigenvalue weighted by Gasteiger charge is -2.24. The Hall–Kier alpha value is -2.50. The minimum atomic E-state index is -0.162. The molecule has 5 nitrogen and oxygen atoms in total. The van der Waals surface area contributed by atoms with Crippen LogP contribution in [0, 0.1) is 5.21 Å². The van der Waals surface area contributed by atoms with E-state index < -0.39 is 0 Å². The molecule has 0 atom stereocenters. The molecule has 1 N–H and O–H groups in total. The number of fused-ring (bicyclic) bond motifs is 1. The number of pyridine rings is 1. The lowest BCUT2D eigenvalue weighted by molar-refractivity contribution is 0.284. The molecule has 0 aliphatic heterocycles. The van der Waals surface area contributed by atoms with Crippen LogP contribution in [-0.4, -0.2) is 16.2 Å². The van der Waals surface area contributed by atoms with Crippen LogP contribution in [0.1, 0.15) is 6.92 Å². The number of hydrogen-bond donors (Lipinski definition) is 1. The fourth-order valence-corrected chi connectivity index (χ4v) is 2.34. The van der Waals surface area contributed by atoms with Gasteiger partial charge >= 0.3 is 0 Å². The summed E-state index contributed by atoms with van der Waals surface area (Å²) in [4.78, 5) is 0. The molecular formula is C16H15N2O3-. The number of aromatic nitrogens is 1. The molecule has 0 bridgehead atoms. The van der Waals surface area contributed by atoms with Gasteiger partial charge in [-0.1, -0.05) is 12.1 Å². The summed E-state index contributed by atoms with van der Waals surface area (Å²) in [5, 5.41) is 20.4. The van der Waals surface area contributed by atoms with Gasteiger partial charge in [0.1, 0.15) is 5.75 Å². The first-order valence-electron chi connectivity index (χ1n) is 6.69. The van der Waals surface area contributed by atoms with E-state index in [1.807, 2.05) is 54.0 Å². The zero-order valence-electron chi connectivity index (χ0n) is 11.6. The third-order valence-electron chi connectivity index (χ3n) is 3.30. The van der Waals surface area contributed by atoms with Crippen LogP contribution in [0.5, 0.6) is 5.75 Å². The Morgan fingerprint density at radius 1 is 1.19 bits per heavy atom. The van der Waals surface area contributed by atoms with Crippen LogP contribution in [-0.2, 0) is 0 Å². The molecule has 2 heterocycles. The van der Waals surface area contributed by atoms with Gasteiger partial charge in [0.25, 0.3) is 0 Å². The van der Waals surface area contributed by atoms with Crippen LogP contribution in [0.4, 0.5) is 5.69 Å². The predicted molar refractivity (Wildman–Crippen MR) is 81.6 cm³/mol. The van der Waals surface area contributed by atoms with Crippen molar-refractivity contribution < 1.29 is 9.94 Å². The van der Waals surface area contributed by atoms with Gasteiger partial charge in [0.15, 0.2) is 0 Å². The molecule has 108 valence electrons. The van der Waals surface area contributed by atoms with Gasteiger partial charge in [0, 0.05) is 23.5 Å². The van der Waals surface area contributed by atoms with Gasteiger partial charge in [0.2, 0.25) is 0 Å². The van der Waals surface area contributed by atoms with E-state index in [1.165, 1.54) is 0 Å². The van der Waals surface area contributed by atoms with E-state index in [-0.39, 0.29) is 10.9 Å². The van der Waals surface area contributed by atoms with Gasteiger partial charge < -0.3 is 19.6 Å². The smallest absolute Gasteiger partial charge is 0.143 e. The highest BCUT2D eigenvalue weighted by Gasteiger charge is 2.09. The number of ether oxygens (including phenoxy) is 1. The van der Waals surface area contributed by atoms with Crippen molar-refractivity contribution in [1.29, 1.82) is 0 Å². The van der Waals surface area contributed by atoms with Crippen LogP contribution in [0.2, 0.25) is 0 Å². The number of hydrogen-bond acceptors (Lipinski definition) is 4. The molecule has 0 aliphatic rings. The molecule has 0 spiro atoms. The Kier molecular flexibility index (Phi) is 3.51. The fraction of sp³-hybridized carbons (Fsp3) is 0.125. The first kappa shape index (κ1) is 13.5. The maximum atomic E-state index is 11.3. The van der Waals surface area contributed by atoms with Crippen LogP contribution < -0.4 is 9.96 Å². The minimum Gasteiger partial charge on any atom is -0.733 e. The van der Waals surface area contributed by atoms with Gasteiger partial charge in [-0.3, -0.25) is 5.21 Å². The molecule has 0 amide bonds. The maximum absolute atomic E-state index is 11.3. The molecule has 0 radical (unpaired) electrons. The van der Waals surface area contributed by atoms with Crippen molar-refractivity contribution in [3.05, 3.63) is 60.1 Å². The minimum absolute atomic E-state index is 0.101. The average Bonchev–Trinajstić information content (AvgIpc) is 2.91. The molecule has 5 heteroatoms. The largest absolute Gasteiger partial charge is 0.733 e. The van der Waals surface area contributed by atoms with Gasteiger partial charge in [0.05, 0.1) is 12.3 Å².